The summed E-state index contributed by atoms with van der Waals surface area (Å²) in [5.41, 5.74) is 1.12. The number of benzene rings is 2. The number of amides is 1. The molecular weight excluding hydrogens is 383 g/mol. The minimum absolute atomic E-state index is 0.209. The standard InChI is InChI=1S/C17H18Cl2N2O3S/c1-12(17(22)20-11-13-5-3-4-6-16(13)19)21(25(2,23)24)15-9-7-14(18)8-10-15/h3-10,12H,11H2,1-2H3,(H,20,22). The van der Waals surface area contributed by atoms with E-state index in [0.717, 1.165) is 16.1 Å². The van der Waals surface area contributed by atoms with Crippen LogP contribution in [0, 0.1) is 0 Å². The Hall–Kier alpha value is -1.76. The Morgan fingerprint density at radius 1 is 1.12 bits per heavy atom. The smallest absolute Gasteiger partial charge is 0.243 e. The Morgan fingerprint density at radius 3 is 2.28 bits per heavy atom. The first-order valence-electron chi connectivity index (χ1n) is 7.46. The third kappa shape index (κ3) is 5.11. The number of carbonyl (C=O) groups excluding carboxylic acids is 1. The quantitative estimate of drug-likeness (QED) is 0.806. The zero-order valence-corrected chi connectivity index (χ0v) is 16.1. The molecule has 0 fully saturated rings. The number of sulfonamides is 1. The van der Waals surface area contributed by atoms with E-state index in [1.807, 2.05) is 6.07 Å². The number of nitrogens with one attached hydrogen (secondary N) is 1. The van der Waals surface area contributed by atoms with Gasteiger partial charge in [0.15, 0.2) is 0 Å². The monoisotopic (exact) mass is 400 g/mol. The van der Waals surface area contributed by atoms with Crippen molar-refractivity contribution in [3.63, 3.8) is 0 Å². The van der Waals surface area contributed by atoms with Gasteiger partial charge in [-0.1, -0.05) is 41.4 Å². The molecule has 0 radical (unpaired) electrons. The molecule has 0 aromatic heterocycles. The van der Waals surface area contributed by atoms with E-state index >= 15 is 0 Å². The maximum Gasteiger partial charge on any atom is 0.243 e. The Morgan fingerprint density at radius 2 is 1.72 bits per heavy atom. The molecule has 0 saturated heterocycles. The van der Waals surface area contributed by atoms with Crippen molar-refractivity contribution < 1.29 is 13.2 Å². The van der Waals surface area contributed by atoms with Gasteiger partial charge in [0, 0.05) is 16.6 Å². The second-order valence-electron chi connectivity index (χ2n) is 5.52. The van der Waals surface area contributed by atoms with Gasteiger partial charge in [0.25, 0.3) is 0 Å². The van der Waals surface area contributed by atoms with E-state index in [1.54, 1.807) is 42.5 Å². The van der Waals surface area contributed by atoms with E-state index in [1.165, 1.54) is 6.92 Å². The third-order valence-corrected chi connectivity index (χ3v) is 5.44. The zero-order valence-electron chi connectivity index (χ0n) is 13.7. The van der Waals surface area contributed by atoms with Crippen molar-refractivity contribution in [1.29, 1.82) is 0 Å². The fraction of sp³-hybridized carbons (Fsp3) is 0.235. The highest BCUT2D eigenvalue weighted by atomic mass is 35.5. The first-order chi connectivity index (χ1) is 11.7. The summed E-state index contributed by atoms with van der Waals surface area (Å²) >= 11 is 11.9. The second kappa shape index (κ2) is 8.08. The highest BCUT2D eigenvalue weighted by Gasteiger charge is 2.28. The van der Waals surface area contributed by atoms with Crippen molar-refractivity contribution in [3.8, 4) is 0 Å². The molecule has 1 atom stereocenters. The molecule has 134 valence electrons. The van der Waals surface area contributed by atoms with Crippen LogP contribution < -0.4 is 9.62 Å². The van der Waals surface area contributed by atoms with E-state index in [2.05, 4.69) is 5.32 Å². The van der Waals surface area contributed by atoms with Crippen molar-refractivity contribution >= 4 is 44.8 Å². The van der Waals surface area contributed by atoms with Crippen LogP contribution in [-0.2, 0) is 21.4 Å². The number of nitrogens with zero attached hydrogens (tertiary/aromatic N) is 1. The summed E-state index contributed by atoms with van der Waals surface area (Å²) in [5, 5.41) is 3.73. The first-order valence-corrected chi connectivity index (χ1v) is 10.1. The molecule has 0 heterocycles. The third-order valence-electron chi connectivity index (χ3n) is 3.58. The molecule has 0 aliphatic carbocycles. The topological polar surface area (TPSA) is 66.5 Å². The van der Waals surface area contributed by atoms with Gasteiger partial charge in [-0.2, -0.15) is 0 Å². The molecule has 1 N–H and O–H groups in total. The van der Waals surface area contributed by atoms with E-state index in [4.69, 9.17) is 23.2 Å². The van der Waals surface area contributed by atoms with Gasteiger partial charge >= 0.3 is 0 Å². The van der Waals surface area contributed by atoms with E-state index in [0.29, 0.717) is 15.7 Å². The van der Waals surface area contributed by atoms with Crippen LogP contribution in [-0.4, -0.2) is 26.6 Å². The minimum Gasteiger partial charge on any atom is -0.350 e. The molecule has 0 saturated carbocycles. The molecule has 0 aliphatic rings. The van der Waals surface area contributed by atoms with Gasteiger partial charge in [0.2, 0.25) is 15.9 Å². The summed E-state index contributed by atoms with van der Waals surface area (Å²) in [4.78, 5) is 12.5. The molecule has 25 heavy (non-hydrogen) atoms. The molecule has 2 rings (SSSR count). The van der Waals surface area contributed by atoms with Gasteiger partial charge in [0.1, 0.15) is 6.04 Å². The highest BCUT2D eigenvalue weighted by Crippen LogP contribution is 2.23. The molecular formula is C17H18Cl2N2O3S. The van der Waals surface area contributed by atoms with Crippen molar-refractivity contribution in [3.05, 3.63) is 64.1 Å². The van der Waals surface area contributed by atoms with Gasteiger partial charge in [-0.15, -0.1) is 0 Å². The summed E-state index contributed by atoms with van der Waals surface area (Å²) in [7, 11) is -3.66. The average Bonchev–Trinajstić information content (AvgIpc) is 2.54. The molecule has 0 spiro atoms. The molecule has 1 unspecified atom stereocenters. The molecule has 0 bridgehead atoms. The lowest BCUT2D eigenvalue weighted by molar-refractivity contribution is -0.122. The summed E-state index contributed by atoms with van der Waals surface area (Å²) < 4.78 is 25.4. The normalized spacial score (nSPS) is 12.5. The van der Waals surface area contributed by atoms with E-state index in [9.17, 15) is 13.2 Å². The van der Waals surface area contributed by atoms with Crippen LogP contribution in [0.4, 0.5) is 5.69 Å². The lowest BCUT2D eigenvalue weighted by Gasteiger charge is -2.28. The lowest BCUT2D eigenvalue weighted by Crippen LogP contribution is -2.47. The van der Waals surface area contributed by atoms with E-state index < -0.39 is 22.0 Å². The number of halogens is 2. The maximum absolute atomic E-state index is 12.5. The van der Waals surface area contributed by atoms with Gasteiger partial charge in [-0.05, 0) is 42.8 Å². The van der Waals surface area contributed by atoms with Crippen LogP contribution in [0.25, 0.3) is 0 Å². The summed E-state index contributed by atoms with van der Waals surface area (Å²) in [5.74, 6) is -0.430. The Balaban J connectivity index is 2.18. The average molecular weight is 401 g/mol. The first kappa shape index (κ1) is 19.6. The van der Waals surface area contributed by atoms with Gasteiger partial charge < -0.3 is 5.32 Å². The van der Waals surface area contributed by atoms with Crippen LogP contribution in [0.2, 0.25) is 10.0 Å². The summed E-state index contributed by atoms with van der Waals surface area (Å²) in [6.07, 6.45) is 1.06. The fourth-order valence-electron chi connectivity index (χ4n) is 2.37. The van der Waals surface area contributed by atoms with Crippen molar-refractivity contribution in [2.75, 3.05) is 10.6 Å². The molecule has 2 aromatic carbocycles. The predicted octanol–water partition coefficient (Wildman–Crippen LogP) is 3.46. The fourth-order valence-corrected chi connectivity index (χ4v) is 3.87. The van der Waals surface area contributed by atoms with Gasteiger partial charge in [0.05, 0.1) is 11.9 Å². The van der Waals surface area contributed by atoms with Crippen LogP contribution in [0.3, 0.4) is 0 Å². The van der Waals surface area contributed by atoms with Crippen LogP contribution in [0.1, 0.15) is 12.5 Å². The number of hydrogen-bond acceptors (Lipinski definition) is 3. The van der Waals surface area contributed by atoms with Crippen LogP contribution in [0.15, 0.2) is 48.5 Å². The minimum atomic E-state index is -3.66. The Bertz CT molecular complexity index is 854. The lowest BCUT2D eigenvalue weighted by atomic mass is 10.2. The number of carbonyl (C=O) groups is 1. The maximum atomic E-state index is 12.5. The molecule has 1 amide bonds. The molecule has 5 nitrogen and oxygen atoms in total. The largest absolute Gasteiger partial charge is 0.350 e. The number of rotatable bonds is 6. The summed E-state index contributed by atoms with van der Waals surface area (Å²) in [6.45, 7) is 1.73. The molecule has 8 heteroatoms. The molecule has 2 aromatic rings. The second-order valence-corrected chi connectivity index (χ2v) is 8.22. The Labute approximate surface area is 157 Å². The van der Waals surface area contributed by atoms with E-state index in [-0.39, 0.29) is 6.54 Å². The van der Waals surface area contributed by atoms with Crippen molar-refractivity contribution in [1.82, 2.24) is 5.32 Å². The van der Waals surface area contributed by atoms with Crippen molar-refractivity contribution in [2.24, 2.45) is 0 Å². The van der Waals surface area contributed by atoms with Gasteiger partial charge in [-0.25, -0.2) is 8.42 Å². The Kier molecular flexibility index (Phi) is 6.32. The predicted molar refractivity (Wildman–Crippen MR) is 102 cm³/mol. The van der Waals surface area contributed by atoms with Crippen molar-refractivity contribution in [2.45, 2.75) is 19.5 Å². The number of anilines is 1. The zero-order chi connectivity index (χ0) is 18.6. The van der Waals surface area contributed by atoms with Gasteiger partial charge in [-0.3, -0.25) is 9.10 Å². The SMILES string of the molecule is CC(C(=O)NCc1ccccc1Cl)N(c1ccc(Cl)cc1)S(C)(=O)=O. The van der Waals surface area contributed by atoms with Crippen LogP contribution in [0.5, 0.6) is 0 Å². The molecule has 0 aliphatic heterocycles. The number of hydrogen-bond donors (Lipinski definition) is 1. The highest BCUT2D eigenvalue weighted by molar-refractivity contribution is 7.92. The van der Waals surface area contributed by atoms with Crippen LogP contribution >= 0.6 is 23.2 Å². The summed E-state index contributed by atoms with van der Waals surface area (Å²) in [6, 6.07) is 12.5.